The van der Waals surface area contributed by atoms with E-state index in [0.29, 0.717) is 6.54 Å². The second kappa shape index (κ2) is 8.22. The van der Waals surface area contributed by atoms with Crippen LogP contribution < -0.4 is 15.0 Å². The normalized spacial score (nSPS) is 16.1. The third-order valence-electron chi connectivity index (χ3n) is 4.02. The molecule has 0 saturated carbocycles. The maximum Gasteiger partial charge on any atom is 0.173 e. The van der Waals surface area contributed by atoms with E-state index in [2.05, 4.69) is 28.2 Å². The largest absolute Gasteiger partial charge is 0.495 e. The number of likely N-dealkylation sites (N-methyl/N-ethyl adjacent to an activating group) is 1. The van der Waals surface area contributed by atoms with Crippen molar-refractivity contribution < 1.29 is 14.2 Å². The van der Waals surface area contributed by atoms with E-state index < -0.39 is 0 Å². The van der Waals surface area contributed by atoms with Crippen LogP contribution in [0.25, 0.3) is 0 Å². The van der Waals surface area contributed by atoms with E-state index in [4.69, 9.17) is 14.2 Å². The molecule has 0 amide bonds. The second-order valence-corrected chi connectivity index (χ2v) is 5.46. The first-order chi connectivity index (χ1) is 10.7. The van der Waals surface area contributed by atoms with Gasteiger partial charge in [0.1, 0.15) is 5.75 Å². The van der Waals surface area contributed by atoms with Crippen molar-refractivity contribution in [1.29, 1.82) is 0 Å². The van der Waals surface area contributed by atoms with Crippen molar-refractivity contribution in [2.24, 2.45) is 0 Å². The van der Waals surface area contributed by atoms with Crippen molar-refractivity contribution in [2.75, 3.05) is 71.3 Å². The number of hydrogen-bond acceptors (Lipinski definition) is 6. The fraction of sp³-hybridized carbons (Fsp3) is 0.625. The van der Waals surface area contributed by atoms with E-state index in [-0.39, 0.29) is 6.29 Å². The zero-order valence-electron chi connectivity index (χ0n) is 14.0. The average molecular weight is 309 g/mol. The van der Waals surface area contributed by atoms with Crippen LogP contribution in [0.15, 0.2) is 18.2 Å². The minimum atomic E-state index is -0.255. The fourth-order valence-electron chi connectivity index (χ4n) is 2.56. The SMILES string of the molecule is COc1ccc(NCC(OC)OC)cc1N1CCN(C)CC1. The molecule has 1 aromatic rings. The molecule has 0 aromatic heterocycles. The minimum Gasteiger partial charge on any atom is -0.495 e. The van der Waals surface area contributed by atoms with E-state index in [9.17, 15) is 0 Å². The molecule has 124 valence electrons. The van der Waals surface area contributed by atoms with E-state index in [0.717, 1.165) is 43.3 Å². The Bertz CT molecular complexity index is 458. The minimum absolute atomic E-state index is 0.255. The summed E-state index contributed by atoms with van der Waals surface area (Å²) in [5.74, 6) is 0.908. The van der Waals surface area contributed by atoms with Crippen molar-refractivity contribution in [2.45, 2.75) is 6.29 Å². The van der Waals surface area contributed by atoms with Crippen LogP contribution in [0.1, 0.15) is 0 Å². The van der Waals surface area contributed by atoms with Gasteiger partial charge >= 0.3 is 0 Å². The number of anilines is 2. The molecule has 1 aliphatic heterocycles. The Hall–Kier alpha value is -1.50. The number of methoxy groups -OCH3 is 3. The molecule has 6 nitrogen and oxygen atoms in total. The zero-order valence-corrected chi connectivity index (χ0v) is 14.0. The van der Waals surface area contributed by atoms with Gasteiger partial charge in [0.2, 0.25) is 0 Å². The van der Waals surface area contributed by atoms with Crippen molar-refractivity contribution in [3.8, 4) is 5.75 Å². The zero-order chi connectivity index (χ0) is 15.9. The second-order valence-electron chi connectivity index (χ2n) is 5.46. The van der Waals surface area contributed by atoms with Crippen molar-refractivity contribution in [1.82, 2.24) is 4.90 Å². The molecule has 6 heteroatoms. The number of nitrogens with zero attached hydrogens (tertiary/aromatic N) is 2. The van der Waals surface area contributed by atoms with Gasteiger partial charge < -0.3 is 29.3 Å². The lowest BCUT2D eigenvalue weighted by molar-refractivity contribution is -0.0914. The lowest BCUT2D eigenvalue weighted by Crippen LogP contribution is -2.44. The summed E-state index contributed by atoms with van der Waals surface area (Å²) in [6, 6.07) is 6.15. The van der Waals surface area contributed by atoms with E-state index in [1.165, 1.54) is 0 Å². The van der Waals surface area contributed by atoms with Crippen LogP contribution >= 0.6 is 0 Å². The molecule has 1 heterocycles. The first-order valence-electron chi connectivity index (χ1n) is 7.59. The maximum atomic E-state index is 5.52. The Morgan fingerprint density at radius 1 is 1.09 bits per heavy atom. The predicted octanol–water partition coefficient (Wildman–Crippen LogP) is 1.48. The van der Waals surface area contributed by atoms with Gasteiger partial charge in [-0.25, -0.2) is 0 Å². The number of benzene rings is 1. The van der Waals surface area contributed by atoms with Gasteiger partial charge in [0.15, 0.2) is 6.29 Å². The topological polar surface area (TPSA) is 46.2 Å². The van der Waals surface area contributed by atoms with Crippen LogP contribution in [0.2, 0.25) is 0 Å². The fourth-order valence-corrected chi connectivity index (χ4v) is 2.56. The van der Waals surface area contributed by atoms with Crippen LogP contribution in [0, 0.1) is 0 Å². The summed E-state index contributed by atoms with van der Waals surface area (Å²) in [5.41, 5.74) is 2.17. The maximum absolute atomic E-state index is 5.52. The first kappa shape index (κ1) is 16.9. The first-order valence-corrected chi connectivity index (χ1v) is 7.59. The highest BCUT2D eigenvalue weighted by Gasteiger charge is 2.18. The number of ether oxygens (including phenoxy) is 3. The summed E-state index contributed by atoms with van der Waals surface area (Å²) >= 11 is 0. The summed E-state index contributed by atoms with van der Waals surface area (Å²) in [6.45, 7) is 4.75. The number of nitrogens with one attached hydrogen (secondary N) is 1. The molecule has 0 spiro atoms. The van der Waals surface area contributed by atoms with Gasteiger partial charge in [-0.2, -0.15) is 0 Å². The molecule has 0 bridgehead atoms. The van der Waals surface area contributed by atoms with Crippen LogP contribution in [-0.2, 0) is 9.47 Å². The Morgan fingerprint density at radius 2 is 1.77 bits per heavy atom. The average Bonchev–Trinajstić information content (AvgIpc) is 2.56. The summed E-state index contributed by atoms with van der Waals surface area (Å²) in [5, 5.41) is 3.34. The molecular weight excluding hydrogens is 282 g/mol. The molecule has 22 heavy (non-hydrogen) atoms. The van der Waals surface area contributed by atoms with E-state index in [1.807, 2.05) is 12.1 Å². The molecule has 0 atom stereocenters. The monoisotopic (exact) mass is 309 g/mol. The van der Waals surface area contributed by atoms with Gasteiger partial charge in [0.05, 0.1) is 19.3 Å². The standard InChI is InChI=1S/C16H27N3O3/c1-18-7-9-19(10-8-18)14-11-13(5-6-15(14)20-2)17-12-16(21-3)22-4/h5-6,11,16-17H,7-10,12H2,1-4H3. The molecule has 1 fully saturated rings. The Labute approximate surface area is 132 Å². The van der Waals surface area contributed by atoms with Gasteiger partial charge in [-0.1, -0.05) is 0 Å². The highest BCUT2D eigenvalue weighted by atomic mass is 16.7. The van der Waals surface area contributed by atoms with Crippen LogP contribution in [0.5, 0.6) is 5.75 Å². The van der Waals surface area contributed by atoms with Crippen molar-refractivity contribution >= 4 is 11.4 Å². The van der Waals surface area contributed by atoms with Crippen molar-refractivity contribution in [3.05, 3.63) is 18.2 Å². The molecule has 2 rings (SSSR count). The van der Waals surface area contributed by atoms with Gasteiger partial charge in [0, 0.05) is 46.1 Å². The van der Waals surface area contributed by atoms with E-state index >= 15 is 0 Å². The summed E-state index contributed by atoms with van der Waals surface area (Å²) < 4.78 is 15.9. The summed E-state index contributed by atoms with van der Waals surface area (Å²) in [6.07, 6.45) is -0.255. The number of rotatable bonds is 7. The highest BCUT2D eigenvalue weighted by molar-refractivity contribution is 5.66. The van der Waals surface area contributed by atoms with Crippen LogP contribution in [-0.4, -0.2) is 72.3 Å². The van der Waals surface area contributed by atoms with Crippen LogP contribution in [0.3, 0.4) is 0 Å². The lowest BCUT2D eigenvalue weighted by atomic mass is 10.2. The molecule has 1 aliphatic rings. The highest BCUT2D eigenvalue weighted by Crippen LogP contribution is 2.32. The molecule has 0 unspecified atom stereocenters. The quantitative estimate of drug-likeness (QED) is 0.770. The third kappa shape index (κ3) is 4.25. The van der Waals surface area contributed by atoms with Gasteiger partial charge in [0.25, 0.3) is 0 Å². The molecule has 1 N–H and O–H groups in total. The molecular formula is C16H27N3O3. The number of piperazine rings is 1. The summed E-state index contributed by atoms with van der Waals surface area (Å²) in [7, 11) is 7.15. The van der Waals surface area contributed by atoms with Gasteiger partial charge in [-0.3, -0.25) is 0 Å². The smallest absolute Gasteiger partial charge is 0.173 e. The molecule has 0 radical (unpaired) electrons. The van der Waals surface area contributed by atoms with Crippen LogP contribution in [0.4, 0.5) is 11.4 Å². The Balaban J connectivity index is 2.08. The van der Waals surface area contributed by atoms with E-state index in [1.54, 1.807) is 21.3 Å². The third-order valence-corrected chi connectivity index (χ3v) is 4.02. The molecule has 1 aromatic carbocycles. The Morgan fingerprint density at radius 3 is 2.36 bits per heavy atom. The summed E-state index contributed by atoms with van der Waals surface area (Å²) in [4.78, 5) is 4.71. The van der Waals surface area contributed by atoms with Gasteiger partial charge in [-0.05, 0) is 25.2 Å². The Kier molecular flexibility index (Phi) is 6.30. The molecule has 1 saturated heterocycles. The predicted molar refractivity (Wildman–Crippen MR) is 89.0 cm³/mol. The number of hydrogen-bond donors (Lipinski definition) is 1. The lowest BCUT2D eigenvalue weighted by Gasteiger charge is -2.35. The van der Waals surface area contributed by atoms with Gasteiger partial charge in [-0.15, -0.1) is 0 Å². The van der Waals surface area contributed by atoms with Crippen molar-refractivity contribution in [3.63, 3.8) is 0 Å². The molecule has 0 aliphatic carbocycles.